The standard InChI is InChI=1S/C28H32N2O.C27H30N2O.C27H31NO.C23H36N2.C23H29NO2/c1-28(2,3)25-14-15-29-26-23(25)17-22(16-20-10-6-4-7-11-20)18-24(26)27(31)30-19-21-12-8-5-9-13-21;1-27(2,3)24-14-15-28-25-22(24)17-20(16-19-10-6-4-7-11-19)18-23(25)26(30)29-21-12-8-5-9-13-21;1-27(2,3)25-14-15-28-26-22(19-29-23-12-8-5-9-13-23)17-21(18-24(25)26)16-20-10-6-4-7-11-20;1-22(2,3)20-9-13-24-21-8-7-18(15-19(20)21)16-25-14-12-23(17-25)10-5-4-6-11-23;1-5-26-22(25)19-15-17(13-16-9-7-6-8-10-16)14-18-20(23(2,3)4)11-12-24-21(18)19/h4-13,17-18,25,29H,14-16,19H2,1-3H3,(H,30,31);4-13,17-18,24,28H,14-16H2,1-3H3,(H,29,30);4-13,17-18,25,28H,14-16,19H2,1-3H3;7-8,15,20,24H,4-6,9-14,16-17H2,1-3H3;6-10,14-15,20,24H,5,11-13H2,1-4H3. The number of nitrogens with zero attached hydrogens (tertiary/aromatic N) is 1. The molecule has 6 aliphatic heterocycles. The summed E-state index contributed by atoms with van der Waals surface area (Å²) in [6.07, 6.45) is 17.8. The molecule has 141 heavy (non-hydrogen) atoms. The summed E-state index contributed by atoms with van der Waals surface area (Å²) in [7, 11) is 0. The number of hydrogen-bond acceptors (Lipinski definition) is 11. The van der Waals surface area contributed by atoms with E-state index >= 15 is 0 Å². The Bertz CT molecular complexity index is 6100. The number of ether oxygens (including phenoxy) is 2. The maximum absolute atomic E-state index is 13.3. The first-order chi connectivity index (χ1) is 67.7. The molecule has 0 aromatic heterocycles. The predicted octanol–water partition coefficient (Wildman–Crippen LogP) is 30.6. The number of para-hydroxylation sites is 2. The number of fused-ring (bicyclic) bond motifs is 5. The molecule has 7 aliphatic rings. The van der Waals surface area contributed by atoms with Gasteiger partial charge in [0.1, 0.15) is 12.4 Å². The van der Waals surface area contributed by atoms with E-state index in [4.69, 9.17) is 9.47 Å². The minimum absolute atomic E-state index is 0.0166. The van der Waals surface area contributed by atoms with E-state index in [2.05, 4.69) is 310 Å². The molecule has 1 spiro atoms. The summed E-state index contributed by atoms with van der Waals surface area (Å²) >= 11 is 0. The van der Waals surface area contributed by atoms with Crippen molar-refractivity contribution in [3.63, 3.8) is 0 Å². The average Bonchev–Trinajstić information content (AvgIpc) is 1.50. The van der Waals surface area contributed by atoms with Crippen molar-refractivity contribution >= 4 is 51.9 Å². The van der Waals surface area contributed by atoms with Gasteiger partial charge in [0.15, 0.2) is 0 Å². The Morgan fingerprint density at radius 2 is 0.709 bits per heavy atom. The average molecular weight is 1890 g/mol. The van der Waals surface area contributed by atoms with Gasteiger partial charge in [-0.05, 0) is 291 Å². The molecule has 1 saturated carbocycles. The van der Waals surface area contributed by atoms with Crippen LogP contribution in [0.25, 0.3) is 0 Å². The molecule has 1 aliphatic carbocycles. The molecule has 5 atom stereocenters. The van der Waals surface area contributed by atoms with E-state index in [1.165, 1.54) is 148 Å². The van der Waals surface area contributed by atoms with Gasteiger partial charge in [-0.1, -0.05) is 348 Å². The highest BCUT2D eigenvalue weighted by Crippen LogP contribution is 2.52. The lowest BCUT2D eigenvalue weighted by atomic mass is 9.71. The zero-order chi connectivity index (χ0) is 99.5. The van der Waals surface area contributed by atoms with Crippen LogP contribution in [0.4, 0.5) is 34.1 Å². The molecule has 12 aromatic rings. The lowest BCUT2D eigenvalue weighted by Crippen LogP contribution is -2.30. The van der Waals surface area contributed by atoms with Gasteiger partial charge in [0, 0.05) is 75.0 Å². The van der Waals surface area contributed by atoms with Gasteiger partial charge in [-0.25, -0.2) is 4.79 Å². The number of anilines is 6. The van der Waals surface area contributed by atoms with Gasteiger partial charge in [0.25, 0.3) is 11.8 Å². The first-order valence-corrected chi connectivity index (χ1v) is 52.6. The summed E-state index contributed by atoms with van der Waals surface area (Å²) in [4.78, 5) is 41.9. The smallest absolute Gasteiger partial charge is 0.340 e. The number of carbonyl (C=O) groups is 3. The molecular weight excluding hydrogens is 1730 g/mol. The second-order valence-corrected chi connectivity index (χ2v) is 46.1. The molecule has 12 aromatic carbocycles. The summed E-state index contributed by atoms with van der Waals surface area (Å²) < 4.78 is 11.5. The van der Waals surface area contributed by atoms with Crippen molar-refractivity contribution in [2.45, 2.75) is 256 Å². The second kappa shape index (κ2) is 46.7. The van der Waals surface area contributed by atoms with Crippen LogP contribution < -0.4 is 42.0 Å². The Labute approximate surface area is 844 Å². The van der Waals surface area contributed by atoms with E-state index in [0.29, 0.717) is 65.7 Å². The fourth-order valence-corrected chi connectivity index (χ4v) is 23.0. The molecule has 6 heterocycles. The van der Waals surface area contributed by atoms with E-state index in [9.17, 15) is 14.4 Å². The Morgan fingerprint density at radius 3 is 1.13 bits per heavy atom. The molecule has 13 heteroatoms. The number of esters is 1. The fraction of sp³-hybridized carbons (Fsp3) is 0.414. The van der Waals surface area contributed by atoms with E-state index in [1.54, 1.807) is 5.56 Å². The van der Waals surface area contributed by atoms with Gasteiger partial charge in [-0.15, -0.1) is 0 Å². The summed E-state index contributed by atoms with van der Waals surface area (Å²) in [5.74, 6) is 3.07. The Balaban J connectivity index is 0.000000133. The van der Waals surface area contributed by atoms with E-state index in [-0.39, 0.29) is 39.4 Å². The maximum atomic E-state index is 13.3. The van der Waals surface area contributed by atoms with Crippen molar-refractivity contribution in [1.29, 1.82) is 0 Å². The SMILES string of the molecule is CC(C)(C)C1CCNc2c(C(=O)NCc3ccccc3)cc(Cc3ccccc3)cc21.CC(C)(C)C1CCNc2c(C(=O)Nc3ccccc3)cc(Cc3ccccc3)cc21.CC(C)(C)C1CCNc2c(COc3ccccc3)cc(Cc3ccccc3)cc21.CC(C)(C)C1CCNc2ccc(CN3CCC4(CCCCC4)C3)cc21.CCOC(=O)c1cc(Cc2ccccc2)cc2c1NCCC2C(C)(C)C. The zero-order valence-corrected chi connectivity index (χ0v) is 87.3. The van der Waals surface area contributed by atoms with E-state index < -0.39 is 0 Å². The molecule has 19 rings (SSSR count). The Hall–Kier alpha value is -12.2. The number of carbonyl (C=O) groups excluding carboxylic acids is 3. The summed E-state index contributed by atoms with van der Waals surface area (Å²) in [6.45, 7) is 46.8. The van der Waals surface area contributed by atoms with E-state index in [1.807, 2.05) is 122 Å². The lowest BCUT2D eigenvalue weighted by Gasteiger charge is -2.37. The van der Waals surface area contributed by atoms with E-state index in [0.717, 1.165) is 135 Å². The second-order valence-electron chi connectivity index (χ2n) is 46.1. The van der Waals surface area contributed by atoms with Gasteiger partial charge in [0.05, 0.1) is 40.4 Å². The third-order valence-corrected chi connectivity index (χ3v) is 30.2. The molecule has 13 nitrogen and oxygen atoms in total. The molecule has 1 saturated heterocycles. The highest BCUT2D eigenvalue weighted by atomic mass is 16.5. The summed E-state index contributed by atoms with van der Waals surface area (Å²) in [6, 6.07) is 96.9. The van der Waals surface area contributed by atoms with Gasteiger partial charge in [-0.3, -0.25) is 14.5 Å². The minimum atomic E-state index is -0.235. The molecule has 2 amide bonds. The van der Waals surface area contributed by atoms with Crippen LogP contribution in [0, 0.1) is 32.5 Å². The summed E-state index contributed by atoms with van der Waals surface area (Å²) in [5, 5.41) is 24.0. The molecule has 2 fully saturated rings. The third-order valence-electron chi connectivity index (χ3n) is 30.2. The topological polar surface area (TPSA) is 157 Å². The van der Waals surface area contributed by atoms with Crippen LogP contribution in [0.5, 0.6) is 5.75 Å². The van der Waals surface area contributed by atoms with Crippen molar-refractivity contribution in [2.75, 3.05) is 84.3 Å². The minimum Gasteiger partial charge on any atom is -0.489 e. The number of likely N-dealkylation sites (tertiary alicyclic amines) is 1. The van der Waals surface area contributed by atoms with Crippen LogP contribution in [0.15, 0.2) is 279 Å². The normalized spacial score (nSPS) is 17.8. The number of nitrogens with one attached hydrogen (secondary N) is 7. The Morgan fingerprint density at radius 1 is 0.355 bits per heavy atom. The van der Waals surface area contributed by atoms with Crippen molar-refractivity contribution < 1.29 is 23.9 Å². The number of rotatable bonds is 20. The van der Waals surface area contributed by atoms with Crippen molar-refractivity contribution in [3.8, 4) is 5.75 Å². The highest BCUT2D eigenvalue weighted by molar-refractivity contribution is 6.09. The molecule has 7 N–H and O–H groups in total. The van der Waals surface area contributed by atoms with Crippen LogP contribution >= 0.6 is 0 Å². The number of benzene rings is 12. The first-order valence-electron chi connectivity index (χ1n) is 52.6. The van der Waals surface area contributed by atoms with Gasteiger partial charge >= 0.3 is 5.97 Å². The summed E-state index contributed by atoms with van der Waals surface area (Å²) in [5.41, 5.74) is 30.9. The maximum Gasteiger partial charge on any atom is 0.340 e. The number of hydrogen-bond donors (Lipinski definition) is 7. The predicted molar refractivity (Wildman–Crippen MR) is 590 cm³/mol. The molecule has 0 bridgehead atoms. The largest absolute Gasteiger partial charge is 0.489 e. The molecule has 0 radical (unpaired) electrons. The number of amides is 2. The van der Waals surface area contributed by atoms with Crippen LogP contribution in [0.3, 0.4) is 0 Å². The monoisotopic (exact) mass is 1890 g/mol. The quantitative estimate of drug-likeness (QED) is 0.0365. The van der Waals surface area contributed by atoms with Crippen LogP contribution in [-0.4, -0.2) is 75.1 Å². The van der Waals surface area contributed by atoms with Gasteiger partial charge < -0.3 is 46.7 Å². The van der Waals surface area contributed by atoms with Gasteiger partial charge in [-0.2, -0.15) is 0 Å². The first kappa shape index (κ1) is 103. The van der Waals surface area contributed by atoms with Gasteiger partial charge in [0.2, 0.25) is 0 Å². The highest BCUT2D eigenvalue weighted by Gasteiger charge is 2.42. The molecule has 5 unspecified atom stereocenters. The lowest BCUT2D eigenvalue weighted by molar-refractivity contribution is 0.0526. The fourth-order valence-electron chi connectivity index (χ4n) is 23.0. The van der Waals surface area contributed by atoms with Crippen LogP contribution in [0.1, 0.15) is 331 Å². The zero-order valence-electron chi connectivity index (χ0n) is 87.3. The molecule has 740 valence electrons. The Kier molecular flexibility index (Phi) is 34.2. The van der Waals surface area contributed by atoms with Crippen LogP contribution in [0.2, 0.25) is 0 Å². The van der Waals surface area contributed by atoms with Crippen molar-refractivity contribution in [2.24, 2.45) is 32.5 Å². The van der Waals surface area contributed by atoms with Crippen LogP contribution in [-0.2, 0) is 50.1 Å². The molecular formula is C128H158N8O5. The van der Waals surface area contributed by atoms with Crippen molar-refractivity contribution in [3.05, 3.63) is 385 Å². The third kappa shape index (κ3) is 27.6. The van der Waals surface area contributed by atoms with Crippen molar-refractivity contribution in [1.82, 2.24) is 10.2 Å².